The van der Waals surface area contributed by atoms with E-state index in [1.54, 1.807) is 30.3 Å². The number of amides is 6. The fourth-order valence-corrected chi connectivity index (χ4v) is 9.49. The number of benzene rings is 2. The number of carbonyl (C=O) groups excluding carboxylic acids is 6. The van der Waals surface area contributed by atoms with Crippen LogP contribution in [-0.4, -0.2) is 125 Å². The molecule has 4 N–H and O–H groups in total. The molecule has 6 heterocycles. The van der Waals surface area contributed by atoms with Crippen LogP contribution in [0.1, 0.15) is 86.5 Å². The summed E-state index contributed by atoms with van der Waals surface area (Å²) in [5.41, 5.74) is 2.06. The molecule has 0 spiro atoms. The van der Waals surface area contributed by atoms with Crippen LogP contribution < -0.4 is 20.9 Å². The van der Waals surface area contributed by atoms with Crippen molar-refractivity contribution in [3.05, 3.63) is 75.0 Å². The van der Waals surface area contributed by atoms with Gasteiger partial charge in [0.2, 0.25) is 11.8 Å². The minimum Gasteiger partial charge on any atom is -0.371 e. The lowest BCUT2D eigenvalue weighted by molar-refractivity contribution is -0.136. The number of imide groups is 2. The number of halogens is 2. The van der Waals surface area contributed by atoms with Crippen molar-refractivity contribution in [3.8, 4) is 0 Å². The summed E-state index contributed by atoms with van der Waals surface area (Å²) < 4.78 is 0. The smallest absolute Gasteiger partial charge is 0.271 e. The van der Waals surface area contributed by atoms with Crippen LogP contribution in [0, 0.1) is 11.8 Å². The highest BCUT2D eigenvalue weighted by molar-refractivity contribution is 6.40. The molecule has 0 saturated carbocycles. The van der Waals surface area contributed by atoms with Gasteiger partial charge in [-0.1, -0.05) is 29.3 Å². The molecule has 2 atom stereocenters. The summed E-state index contributed by atoms with van der Waals surface area (Å²) in [5.74, 6) is -1.70. The molecule has 3 aromatic rings. The van der Waals surface area contributed by atoms with Crippen molar-refractivity contribution in [2.75, 3.05) is 62.6 Å². The molecule has 15 nitrogen and oxygen atoms in total. The largest absolute Gasteiger partial charge is 0.371 e. The van der Waals surface area contributed by atoms with Gasteiger partial charge in [-0.3, -0.25) is 44.1 Å². The molecule has 300 valence electrons. The minimum absolute atomic E-state index is 0.0127. The Morgan fingerprint density at radius 1 is 0.789 bits per heavy atom. The first-order valence-corrected chi connectivity index (χ1v) is 20.4. The molecule has 6 amide bonds. The lowest BCUT2D eigenvalue weighted by Crippen LogP contribution is -2.54. The van der Waals surface area contributed by atoms with Crippen LogP contribution in [0.15, 0.2) is 42.6 Å². The first kappa shape index (κ1) is 39.0. The van der Waals surface area contributed by atoms with E-state index in [1.807, 2.05) is 6.07 Å². The average molecular weight is 819 g/mol. The number of piperidine rings is 3. The highest BCUT2D eigenvalue weighted by atomic mass is 35.5. The third kappa shape index (κ3) is 8.29. The van der Waals surface area contributed by atoms with Gasteiger partial charge in [-0.2, -0.15) is 5.10 Å². The molecule has 4 fully saturated rings. The Morgan fingerprint density at radius 3 is 2.18 bits per heavy atom. The number of hydrogen-bond donors (Lipinski definition) is 4. The lowest BCUT2D eigenvalue weighted by atomic mass is 9.94. The predicted molar refractivity (Wildman–Crippen MR) is 213 cm³/mol. The number of aromatic amines is 1. The second-order valence-electron chi connectivity index (χ2n) is 15.8. The van der Waals surface area contributed by atoms with Gasteiger partial charge in [0, 0.05) is 57.4 Å². The van der Waals surface area contributed by atoms with Gasteiger partial charge in [-0.25, -0.2) is 0 Å². The van der Waals surface area contributed by atoms with Crippen molar-refractivity contribution in [1.29, 1.82) is 0 Å². The fourth-order valence-electron chi connectivity index (χ4n) is 8.92. The monoisotopic (exact) mass is 817 g/mol. The number of aromatic nitrogens is 2. The number of likely N-dealkylation sites (tertiary alicyclic amines) is 2. The average Bonchev–Trinajstić information content (AvgIpc) is 3.92. The molecule has 0 radical (unpaired) electrons. The summed E-state index contributed by atoms with van der Waals surface area (Å²) in [6, 6.07) is 9.20. The number of carbonyl (C=O) groups is 6. The molecule has 4 saturated heterocycles. The second-order valence-corrected chi connectivity index (χ2v) is 16.6. The highest BCUT2D eigenvalue weighted by Crippen LogP contribution is 2.33. The van der Waals surface area contributed by atoms with Crippen LogP contribution in [-0.2, 0) is 9.59 Å². The molecule has 0 aliphatic carbocycles. The molecule has 5 aliphatic heterocycles. The van der Waals surface area contributed by atoms with E-state index in [4.69, 9.17) is 23.2 Å². The number of fused-ring (bicyclic) bond motifs is 1. The highest BCUT2D eigenvalue weighted by Gasteiger charge is 2.45. The number of rotatable bonds is 10. The van der Waals surface area contributed by atoms with Crippen LogP contribution in [0.2, 0.25) is 10.0 Å². The van der Waals surface area contributed by atoms with Crippen LogP contribution in [0.5, 0.6) is 0 Å². The van der Waals surface area contributed by atoms with Crippen molar-refractivity contribution >= 4 is 70.0 Å². The first-order chi connectivity index (χ1) is 27.5. The molecule has 8 rings (SSSR count). The van der Waals surface area contributed by atoms with Crippen molar-refractivity contribution < 1.29 is 28.8 Å². The summed E-state index contributed by atoms with van der Waals surface area (Å²) in [6.07, 6.45) is 6.62. The van der Waals surface area contributed by atoms with Gasteiger partial charge in [-0.15, -0.1) is 0 Å². The Hall–Kier alpha value is -4.83. The van der Waals surface area contributed by atoms with E-state index < -0.39 is 35.6 Å². The zero-order valence-electron chi connectivity index (χ0n) is 31.4. The van der Waals surface area contributed by atoms with Gasteiger partial charge < -0.3 is 25.3 Å². The third-order valence-electron chi connectivity index (χ3n) is 12.0. The number of hydrogen-bond acceptors (Lipinski definition) is 10. The van der Waals surface area contributed by atoms with E-state index in [-0.39, 0.29) is 51.8 Å². The zero-order chi connectivity index (χ0) is 39.8. The third-order valence-corrected chi connectivity index (χ3v) is 12.7. The molecule has 2 unspecified atom stereocenters. The minimum atomic E-state index is -0.972. The normalized spacial score (nSPS) is 22.6. The SMILES string of the molecule is O=C1CCC(N2C(=O)c3ccc(N4CCC(CN5CCC(CN6CCC(NC(=O)c7[nH]ncc7NC(=O)c7c(Cl)cccc7Cl)CC6)CC5)C4)cc3C2=O)C(=O)N1. The van der Waals surface area contributed by atoms with Gasteiger partial charge in [0.15, 0.2) is 0 Å². The van der Waals surface area contributed by atoms with Gasteiger partial charge in [-0.05, 0) is 93.8 Å². The van der Waals surface area contributed by atoms with E-state index in [1.165, 1.54) is 6.20 Å². The standard InChI is InChI=1S/C40H45Cl2N9O6/c41-29-2-1-3-30(42)34(29)37(54)45-31-19-43-47-35(31)38(55)44-25-11-15-49(16-12-25)20-23-8-13-48(14-9-23)21-24-10-17-50(22-24)26-4-5-27-28(18-26)40(57)51(39(27)56)32-6-7-33(52)46-36(32)53/h1-5,18-19,23-25,32H,6-17,20-22H2,(H,43,47)(H,44,55)(H,45,54)(H,46,52,53). The van der Waals surface area contributed by atoms with Crippen molar-refractivity contribution in [1.82, 2.24) is 35.5 Å². The van der Waals surface area contributed by atoms with Crippen LogP contribution >= 0.6 is 23.2 Å². The maximum Gasteiger partial charge on any atom is 0.271 e. The summed E-state index contributed by atoms with van der Waals surface area (Å²) in [6.45, 7) is 7.74. The van der Waals surface area contributed by atoms with Crippen LogP contribution in [0.3, 0.4) is 0 Å². The fraction of sp³-hybridized carbons (Fsp3) is 0.475. The molecule has 5 aliphatic rings. The van der Waals surface area contributed by atoms with E-state index in [2.05, 4.69) is 40.8 Å². The molecular formula is C40H45Cl2N9O6. The van der Waals surface area contributed by atoms with Crippen LogP contribution in [0.25, 0.3) is 0 Å². The molecular weight excluding hydrogens is 773 g/mol. The van der Waals surface area contributed by atoms with Gasteiger partial charge in [0.05, 0.1) is 38.6 Å². The zero-order valence-corrected chi connectivity index (χ0v) is 32.9. The van der Waals surface area contributed by atoms with Gasteiger partial charge in [0.25, 0.3) is 23.6 Å². The van der Waals surface area contributed by atoms with E-state index in [9.17, 15) is 28.8 Å². The van der Waals surface area contributed by atoms with Gasteiger partial charge >= 0.3 is 0 Å². The van der Waals surface area contributed by atoms with E-state index in [0.29, 0.717) is 23.0 Å². The Morgan fingerprint density at radius 2 is 1.46 bits per heavy atom. The maximum absolute atomic E-state index is 13.3. The molecule has 17 heteroatoms. The van der Waals surface area contributed by atoms with Crippen LogP contribution in [0.4, 0.5) is 11.4 Å². The summed E-state index contributed by atoms with van der Waals surface area (Å²) in [5, 5.41) is 15.1. The van der Waals surface area contributed by atoms with Crippen molar-refractivity contribution in [2.45, 2.75) is 57.0 Å². The Balaban J connectivity index is 0.752. The summed E-state index contributed by atoms with van der Waals surface area (Å²) in [4.78, 5) is 85.0. The summed E-state index contributed by atoms with van der Waals surface area (Å²) in [7, 11) is 0. The molecule has 2 aromatic carbocycles. The number of nitrogens with one attached hydrogen (secondary N) is 4. The van der Waals surface area contributed by atoms with Gasteiger partial charge in [0.1, 0.15) is 11.7 Å². The summed E-state index contributed by atoms with van der Waals surface area (Å²) >= 11 is 12.4. The maximum atomic E-state index is 13.3. The topological polar surface area (TPSA) is 180 Å². The quantitative estimate of drug-likeness (QED) is 0.220. The number of anilines is 2. The van der Waals surface area contributed by atoms with Crippen molar-refractivity contribution in [2.24, 2.45) is 11.8 Å². The van der Waals surface area contributed by atoms with Crippen molar-refractivity contribution in [3.63, 3.8) is 0 Å². The van der Waals surface area contributed by atoms with E-state index in [0.717, 1.165) is 95.0 Å². The lowest BCUT2D eigenvalue weighted by Gasteiger charge is -2.38. The predicted octanol–water partition coefficient (Wildman–Crippen LogP) is 3.80. The van der Waals surface area contributed by atoms with E-state index >= 15 is 0 Å². The molecule has 1 aromatic heterocycles. The Bertz CT molecular complexity index is 2070. The second kappa shape index (κ2) is 16.6. The first-order valence-electron chi connectivity index (χ1n) is 19.7. The molecule has 0 bridgehead atoms. The number of H-pyrrole nitrogens is 1. The Kier molecular flexibility index (Phi) is 11.3. The molecule has 57 heavy (non-hydrogen) atoms. The Labute approximate surface area is 339 Å². The number of nitrogens with zero attached hydrogens (tertiary/aromatic N) is 5.